The van der Waals surface area contributed by atoms with Crippen molar-refractivity contribution in [3.8, 4) is 11.6 Å². The number of para-hydroxylation sites is 1. The first-order valence-corrected chi connectivity index (χ1v) is 12.1. The van der Waals surface area contributed by atoms with Crippen molar-refractivity contribution in [3.63, 3.8) is 0 Å². The minimum absolute atomic E-state index is 0.376. The molecule has 0 fully saturated rings. The quantitative estimate of drug-likeness (QED) is 0.315. The molecule has 6 nitrogen and oxygen atoms in total. The average Bonchev–Trinajstić information content (AvgIpc) is 2.88. The van der Waals surface area contributed by atoms with Crippen molar-refractivity contribution in [2.45, 2.75) is 19.5 Å². The molecule has 0 spiro atoms. The van der Waals surface area contributed by atoms with Gasteiger partial charge in [-0.05, 0) is 59.6 Å². The molecule has 5 rings (SSSR count). The molecule has 3 aromatic carbocycles. The number of halogens is 1. The number of hydrogen-bond donors (Lipinski definition) is 2. The highest BCUT2D eigenvalue weighted by atomic mass is 35.5. The van der Waals surface area contributed by atoms with E-state index in [2.05, 4.69) is 44.8 Å². The molecule has 2 N–H and O–H groups in total. The van der Waals surface area contributed by atoms with Crippen LogP contribution >= 0.6 is 23.8 Å². The SMILES string of the molecule is S=C(NCc1ccc(Cl)cc1)Nc1nc(Oc2ccccc2)cc(N2CCc3ccccc3C2)n1. The van der Waals surface area contributed by atoms with Gasteiger partial charge in [-0.2, -0.15) is 9.97 Å². The van der Waals surface area contributed by atoms with Gasteiger partial charge in [-0.3, -0.25) is 0 Å². The van der Waals surface area contributed by atoms with Gasteiger partial charge in [0.1, 0.15) is 11.6 Å². The number of nitrogens with zero attached hydrogens (tertiary/aromatic N) is 3. The summed E-state index contributed by atoms with van der Waals surface area (Å²) < 4.78 is 6.05. The van der Waals surface area contributed by atoms with Crippen LogP contribution in [0.1, 0.15) is 16.7 Å². The van der Waals surface area contributed by atoms with E-state index in [0.29, 0.717) is 34.3 Å². The zero-order valence-corrected chi connectivity index (χ0v) is 20.5. The zero-order valence-electron chi connectivity index (χ0n) is 18.9. The Morgan fingerprint density at radius 2 is 1.69 bits per heavy atom. The van der Waals surface area contributed by atoms with E-state index in [4.69, 9.17) is 33.5 Å². The molecule has 176 valence electrons. The summed E-state index contributed by atoms with van der Waals surface area (Å²) in [7, 11) is 0. The number of rotatable bonds is 6. The highest BCUT2D eigenvalue weighted by Gasteiger charge is 2.19. The molecule has 0 atom stereocenters. The van der Waals surface area contributed by atoms with Crippen LogP contribution in [0.3, 0.4) is 0 Å². The third-order valence-corrected chi connectivity index (χ3v) is 6.20. The van der Waals surface area contributed by atoms with Crippen molar-refractivity contribution in [2.24, 2.45) is 0 Å². The van der Waals surface area contributed by atoms with E-state index >= 15 is 0 Å². The highest BCUT2D eigenvalue weighted by Crippen LogP contribution is 2.28. The van der Waals surface area contributed by atoms with Crippen LogP contribution in [0.25, 0.3) is 0 Å². The average molecular weight is 502 g/mol. The predicted molar refractivity (Wildman–Crippen MR) is 144 cm³/mol. The third kappa shape index (κ3) is 6.07. The number of thiocarbonyl (C=S) groups is 1. The number of fused-ring (bicyclic) bond motifs is 1. The molecule has 8 heteroatoms. The van der Waals surface area contributed by atoms with Gasteiger partial charge in [0.25, 0.3) is 0 Å². The van der Waals surface area contributed by atoms with Gasteiger partial charge in [0, 0.05) is 30.7 Å². The standard InChI is InChI=1S/C27H24ClN5OS/c28-22-12-10-19(11-13-22)17-29-27(35)32-26-30-24(16-25(31-26)34-23-8-2-1-3-9-23)33-15-14-20-6-4-5-7-21(20)18-33/h1-13,16H,14-15,17-18H2,(H2,29,30,31,32,35). The van der Waals surface area contributed by atoms with Gasteiger partial charge in [-0.15, -0.1) is 0 Å². The van der Waals surface area contributed by atoms with E-state index in [1.54, 1.807) is 0 Å². The van der Waals surface area contributed by atoms with Crippen molar-refractivity contribution >= 4 is 40.7 Å². The molecule has 1 aromatic heterocycles. The van der Waals surface area contributed by atoms with Crippen molar-refractivity contribution in [1.29, 1.82) is 0 Å². The number of anilines is 2. The number of hydrogen-bond acceptors (Lipinski definition) is 5. The summed E-state index contributed by atoms with van der Waals surface area (Å²) >= 11 is 11.5. The Kier molecular flexibility index (Phi) is 7.07. The number of benzene rings is 3. The second kappa shape index (κ2) is 10.7. The van der Waals surface area contributed by atoms with Crippen LogP contribution < -0.4 is 20.3 Å². The molecule has 2 heterocycles. The second-order valence-corrected chi connectivity index (χ2v) is 9.02. The summed E-state index contributed by atoms with van der Waals surface area (Å²) in [6, 6.07) is 27.6. The summed E-state index contributed by atoms with van der Waals surface area (Å²) in [5, 5.41) is 7.43. The Bertz CT molecular complexity index is 1320. The zero-order chi connectivity index (χ0) is 24.0. The maximum absolute atomic E-state index is 6.05. The molecule has 1 aliphatic rings. The number of aromatic nitrogens is 2. The van der Waals surface area contributed by atoms with Crippen LogP contribution in [0.4, 0.5) is 11.8 Å². The summed E-state index contributed by atoms with van der Waals surface area (Å²) in [6.45, 7) is 2.19. The summed E-state index contributed by atoms with van der Waals surface area (Å²) in [5.41, 5.74) is 3.75. The largest absolute Gasteiger partial charge is 0.439 e. The second-order valence-electron chi connectivity index (χ2n) is 8.18. The van der Waals surface area contributed by atoms with Crippen LogP contribution in [-0.2, 0) is 19.5 Å². The molecule has 0 saturated heterocycles. The van der Waals surface area contributed by atoms with Gasteiger partial charge >= 0.3 is 0 Å². The van der Waals surface area contributed by atoms with E-state index in [0.717, 1.165) is 30.9 Å². The molecule has 0 radical (unpaired) electrons. The fourth-order valence-electron chi connectivity index (χ4n) is 3.91. The Morgan fingerprint density at radius 1 is 0.943 bits per heavy atom. The molecule has 0 aliphatic carbocycles. The Morgan fingerprint density at radius 3 is 2.49 bits per heavy atom. The van der Waals surface area contributed by atoms with Gasteiger partial charge in [-0.1, -0.05) is 66.2 Å². The van der Waals surface area contributed by atoms with Crippen LogP contribution in [-0.4, -0.2) is 21.6 Å². The van der Waals surface area contributed by atoms with Crippen LogP contribution in [0.2, 0.25) is 5.02 Å². The fourth-order valence-corrected chi connectivity index (χ4v) is 4.20. The lowest BCUT2D eigenvalue weighted by atomic mass is 10.00. The summed E-state index contributed by atoms with van der Waals surface area (Å²) in [5.74, 6) is 2.31. The molecule has 0 saturated carbocycles. The molecule has 35 heavy (non-hydrogen) atoms. The fraction of sp³-hybridized carbons (Fsp3) is 0.148. The van der Waals surface area contributed by atoms with E-state index in [-0.39, 0.29) is 0 Å². The first kappa shape index (κ1) is 23.1. The predicted octanol–water partition coefficient (Wildman–Crippen LogP) is 5.97. The Hall–Kier alpha value is -3.68. The van der Waals surface area contributed by atoms with Crippen LogP contribution in [0.5, 0.6) is 11.6 Å². The lowest BCUT2D eigenvalue weighted by Gasteiger charge is -2.30. The highest BCUT2D eigenvalue weighted by molar-refractivity contribution is 7.80. The lowest BCUT2D eigenvalue weighted by molar-refractivity contribution is 0.462. The smallest absolute Gasteiger partial charge is 0.234 e. The van der Waals surface area contributed by atoms with E-state index in [9.17, 15) is 0 Å². The van der Waals surface area contributed by atoms with E-state index in [1.807, 2.05) is 60.7 Å². The molecule has 4 aromatic rings. The van der Waals surface area contributed by atoms with Crippen molar-refractivity contribution in [2.75, 3.05) is 16.8 Å². The topological polar surface area (TPSA) is 62.3 Å². The van der Waals surface area contributed by atoms with E-state index < -0.39 is 0 Å². The maximum atomic E-state index is 6.05. The van der Waals surface area contributed by atoms with Gasteiger partial charge < -0.3 is 20.3 Å². The van der Waals surface area contributed by atoms with Gasteiger partial charge in [0.15, 0.2) is 5.11 Å². The monoisotopic (exact) mass is 501 g/mol. The first-order valence-electron chi connectivity index (χ1n) is 11.4. The van der Waals surface area contributed by atoms with Crippen molar-refractivity contribution in [3.05, 3.63) is 107 Å². The van der Waals surface area contributed by atoms with Gasteiger partial charge in [-0.25, -0.2) is 0 Å². The Labute approximate surface area is 214 Å². The lowest BCUT2D eigenvalue weighted by Crippen LogP contribution is -2.32. The van der Waals surface area contributed by atoms with Crippen molar-refractivity contribution in [1.82, 2.24) is 15.3 Å². The molecule has 0 unspecified atom stereocenters. The van der Waals surface area contributed by atoms with Crippen LogP contribution in [0, 0.1) is 0 Å². The summed E-state index contributed by atoms with van der Waals surface area (Å²) in [6.07, 6.45) is 0.957. The molecule has 1 aliphatic heterocycles. The normalized spacial score (nSPS) is 12.5. The van der Waals surface area contributed by atoms with Crippen molar-refractivity contribution < 1.29 is 4.74 Å². The molecular formula is C27H24ClN5OS. The Balaban J connectivity index is 1.35. The van der Waals surface area contributed by atoms with E-state index in [1.165, 1.54) is 11.1 Å². The van der Waals surface area contributed by atoms with Crippen LogP contribution in [0.15, 0.2) is 84.9 Å². The van der Waals surface area contributed by atoms with Gasteiger partial charge in [0.2, 0.25) is 11.8 Å². The molecular weight excluding hydrogens is 478 g/mol. The minimum atomic E-state index is 0.376. The molecule has 0 bridgehead atoms. The number of nitrogens with one attached hydrogen (secondary N) is 2. The number of ether oxygens (including phenoxy) is 1. The maximum Gasteiger partial charge on any atom is 0.234 e. The molecule has 0 amide bonds. The minimum Gasteiger partial charge on any atom is -0.439 e. The summed E-state index contributed by atoms with van der Waals surface area (Å²) in [4.78, 5) is 11.5. The first-order chi connectivity index (χ1) is 17.1. The van der Waals surface area contributed by atoms with Gasteiger partial charge in [0.05, 0.1) is 0 Å². The third-order valence-electron chi connectivity index (χ3n) is 5.70.